The van der Waals surface area contributed by atoms with Gasteiger partial charge in [-0.25, -0.2) is 0 Å². The molecule has 2 atom stereocenters. The first-order valence-corrected chi connectivity index (χ1v) is 7.66. The molecule has 0 spiro atoms. The van der Waals surface area contributed by atoms with Gasteiger partial charge < -0.3 is 10.5 Å². The normalized spacial score (nSPS) is 13.9. The Morgan fingerprint density at radius 2 is 2.00 bits per heavy atom. The van der Waals surface area contributed by atoms with E-state index in [-0.39, 0.29) is 17.3 Å². The monoisotopic (exact) mass is 281 g/mol. The van der Waals surface area contributed by atoms with E-state index in [1.54, 1.807) is 11.8 Å². The van der Waals surface area contributed by atoms with E-state index in [2.05, 4.69) is 42.8 Å². The number of rotatable bonds is 7. The zero-order chi connectivity index (χ0) is 14.3. The summed E-state index contributed by atoms with van der Waals surface area (Å²) in [7, 11) is 1.41. The van der Waals surface area contributed by atoms with E-state index in [1.165, 1.54) is 12.7 Å². The lowest BCUT2D eigenvalue weighted by atomic mass is 10.0. The van der Waals surface area contributed by atoms with Crippen molar-refractivity contribution in [2.24, 2.45) is 5.73 Å². The van der Waals surface area contributed by atoms with Crippen LogP contribution in [-0.2, 0) is 16.0 Å². The summed E-state index contributed by atoms with van der Waals surface area (Å²) in [5.74, 6) is 0.578. The summed E-state index contributed by atoms with van der Waals surface area (Å²) in [5.41, 5.74) is 8.71. The number of ether oxygens (including phenoxy) is 1. The Morgan fingerprint density at radius 3 is 2.53 bits per heavy atom. The van der Waals surface area contributed by atoms with Gasteiger partial charge in [0, 0.05) is 17.0 Å². The van der Waals surface area contributed by atoms with Gasteiger partial charge in [-0.15, -0.1) is 0 Å². The fourth-order valence-electron chi connectivity index (χ4n) is 1.78. The van der Waals surface area contributed by atoms with Crippen LogP contribution in [0.25, 0.3) is 0 Å². The van der Waals surface area contributed by atoms with Gasteiger partial charge in [-0.05, 0) is 17.5 Å². The van der Waals surface area contributed by atoms with Crippen molar-refractivity contribution in [1.29, 1.82) is 0 Å². The van der Waals surface area contributed by atoms with Gasteiger partial charge in [0.25, 0.3) is 0 Å². The zero-order valence-electron chi connectivity index (χ0n) is 11.9. The molecule has 2 unspecified atom stereocenters. The summed E-state index contributed by atoms with van der Waals surface area (Å²) >= 11 is 1.71. The van der Waals surface area contributed by atoms with Crippen LogP contribution < -0.4 is 5.73 Å². The lowest BCUT2D eigenvalue weighted by Crippen LogP contribution is -2.21. The first-order chi connectivity index (χ1) is 9.08. The molecule has 0 aromatic heterocycles. The number of hydrogen-bond donors (Lipinski definition) is 1. The second-order valence-electron chi connectivity index (χ2n) is 4.52. The van der Waals surface area contributed by atoms with Crippen molar-refractivity contribution in [3.63, 3.8) is 0 Å². The molecule has 1 aromatic rings. The third-order valence-electron chi connectivity index (χ3n) is 3.19. The van der Waals surface area contributed by atoms with Gasteiger partial charge in [0.1, 0.15) is 0 Å². The van der Waals surface area contributed by atoms with E-state index in [1.807, 2.05) is 0 Å². The van der Waals surface area contributed by atoms with E-state index in [9.17, 15) is 4.79 Å². The predicted octanol–water partition coefficient (Wildman–Crippen LogP) is 2.93. The Bertz CT molecular complexity index is 392. The number of carbonyl (C=O) groups excluding carboxylic acids is 1. The fourth-order valence-corrected chi connectivity index (χ4v) is 2.80. The second-order valence-corrected chi connectivity index (χ2v) is 6.01. The molecule has 0 aliphatic rings. The molecule has 0 saturated carbocycles. The summed E-state index contributed by atoms with van der Waals surface area (Å²) in [6, 6.07) is 8.44. The van der Waals surface area contributed by atoms with Gasteiger partial charge in [0.05, 0.1) is 13.5 Å². The summed E-state index contributed by atoms with van der Waals surface area (Å²) in [4.78, 5) is 11.0. The Morgan fingerprint density at radius 1 is 1.37 bits per heavy atom. The van der Waals surface area contributed by atoms with E-state index < -0.39 is 0 Å². The van der Waals surface area contributed by atoms with E-state index in [0.717, 1.165) is 17.7 Å². The van der Waals surface area contributed by atoms with Crippen molar-refractivity contribution in [2.75, 3.05) is 12.9 Å². The molecule has 0 saturated heterocycles. The lowest BCUT2D eigenvalue weighted by Gasteiger charge is -2.20. The summed E-state index contributed by atoms with van der Waals surface area (Å²) in [6.45, 7) is 4.24. The van der Waals surface area contributed by atoms with Crippen LogP contribution in [0.3, 0.4) is 0 Å². The number of hydrogen-bond acceptors (Lipinski definition) is 4. The maximum absolute atomic E-state index is 11.0. The Labute approximate surface area is 119 Å². The van der Waals surface area contributed by atoms with Gasteiger partial charge >= 0.3 is 5.97 Å². The van der Waals surface area contributed by atoms with Crippen molar-refractivity contribution in [1.82, 2.24) is 0 Å². The molecule has 0 aliphatic carbocycles. The summed E-state index contributed by atoms with van der Waals surface area (Å²) in [6.07, 6.45) is 1.48. The smallest absolute Gasteiger partial charge is 0.306 e. The number of carbonyl (C=O) groups is 1. The molecule has 1 aromatic carbocycles. The van der Waals surface area contributed by atoms with Gasteiger partial charge in [-0.1, -0.05) is 38.1 Å². The van der Waals surface area contributed by atoms with Crippen molar-refractivity contribution in [2.45, 2.75) is 38.0 Å². The molecule has 0 radical (unpaired) electrons. The SMILES string of the molecule is CCc1ccc(C(N)C(C)SCCC(=O)OC)cc1. The molecule has 1 rings (SSSR count). The third kappa shape index (κ3) is 5.25. The molecule has 0 fully saturated rings. The first-order valence-electron chi connectivity index (χ1n) is 6.61. The second kappa shape index (κ2) is 8.23. The fraction of sp³-hybridized carbons (Fsp3) is 0.533. The van der Waals surface area contributed by atoms with E-state index >= 15 is 0 Å². The van der Waals surface area contributed by atoms with Crippen molar-refractivity contribution < 1.29 is 9.53 Å². The Kier molecular flexibility index (Phi) is 6.95. The van der Waals surface area contributed by atoms with Gasteiger partial charge in [0.2, 0.25) is 0 Å². The van der Waals surface area contributed by atoms with E-state index in [0.29, 0.717) is 6.42 Å². The number of esters is 1. The van der Waals surface area contributed by atoms with Gasteiger partial charge in [-0.2, -0.15) is 11.8 Å². The topological polar surface area (TPSA) is 52.3 Å². The molecule has 3 nitrogen and oxygen atoms in total. The molecule has 0 aliphatic heterocycles. The van der Waals surface area contributed by atoms with Crippen LogP contribution in [0.1, 0.15) is 37.4 Å². The summed E-state index contributed by atoms with van der Waals surface area (Å²) < 4.78 is 4.62. The standard InChI is InChI=1S/C15H23NO2S/c1-4-12-5-7-13(8-6-12)15(16)11(2)19-10-9-14(17)18-3/h5-8,11,15H,4,9-10,16H2,1-3H3. The van der Waals surface area contributed by atoms with Crippen LogP contribution in [0.2, 0.25) is 0 Å². The van der Waals surface area contributed by atoms with Crippen LogP contribution in [0.15, 0.2) is 24.3 Å². The van der Waals surface area contributed by atoms with Crippen LogP contribution in [0.4, 0.5) is 0 Å². The summed E-state index contributed by atoms with van der Waals surface area (Å²) in [5, 5.41) is 0.275. The molecular formula is C15H23NO2S. The molecule has 106 valence electrons. The zero-order valence-corrected chi connectivity index (χ0v) is 12.7. The molecule has 2 N–H and O–H groups in total. The average Bonchev–Trinajstić information content (AvgIpc) is 2.46. The third-order valence-corrected chi connectivity index (χ3v) is 4.45. The maximum atomic E-state index is 11.0. The minimum atomic E-state index is -0.166. The van der Waals surface area contributed by atoms with Crippen molar-refractivity contribution >= 4 is 17.7 Å². The average molecular weight is 281 g/mol. The van der Waals surface area contributed by atoms with Crippen LogP contribution in [-0.4, -0.2) is 24.1 Å². The van der Waals surface area contributed by atoms with Crippen LogP contribution in [0, 0.1) is 0 Å². The van der Waals surface area contributed by atoms with Crippen LogP contribution in [0.5, 0.6) is 0 Å². The van der Waals surface area contributed by atoms with Crippen LogP contribution >= 0.6 is 11.8 Å². The number of benzene rings is 1. The Balaban J connectivity index is 2.46. The lowest BCUT2D eigenvalue weighted by molar-refractivity contribution is -0.140. The highest BCUT2D eigenvalue weighted by molar-refractivity contribution is 7.99. The minimum absolute atomic E-state index is 0.00597. The first kappa shape index (κ1) is 16.1. The molecule has 4 heteroatoms. The Hall–Kier alpha value is -1.00. The van der Waals surface area contributed by atoms with Crippen molar-refractivity contribution in [3.05, 3.63) is 35.4 Å². The number of nitrogens with two attached hydrogens (primary N) is 1. The van der Waals surface area contributed by atoms with Crippen molar-refractivity contribution in [3.8, 4) is 0 Å². The minimum Gasteiger partial charge on any atom is -0.469 e. The molecule has 19 heavy (non-hydrogen) atoms. The number of methoxy groups -OCH3 is 1. The van der Waals surface area contributed by atoms with E-state index in [4.69, 9.17) is 5.73 Å². The highest BCUT2D eigenvalue weighted by atomic mass is 32.2. The highest BCUT2D eigenvalue weighted by Crippen LogP contribution is 2.25. The van der Waals surface area contributed by atoms with Gasteiger partial charge in [0.15, 0.2) is 0 Å². The molecule has 0 heterocycles. The highest BCUT2D eigenvalue weighted by Gasteiger charge is 2.15. The van der Waals surface area contributed by atoms with Gasteiger partial charge in [-0.3, -0.25) is 4.79 Å². The molecule has 0 amide bonds. The molecular weight excluding hydrogens is 258 g/mol. The molecule has 0 bridgehead atoms. The maximum Gasteiger partial charge on any atom is 0.306 e. The quantitative estimate of drug-likeness (QED) is 0.781. The largest absolute Gasteiger partial charge is 0.469 e. The number of thioether (sulfide) groups is 1. The predicted molar refractivity (Wildman–Crippen MR) is 81.3 cm³/mol. The number of aryl methyl sites for hydroxylation is 1.